The molecule has 2 rings (SSSR count). The number of rotatable bonds is 7. The molecule has 1 saturated heterocycles. The van der Waals surface area contributed by atoms with Gasteiger partial charge in [0.1, 0.15) is 0 Å². The van der Waals surface area contributed by atoms with E-state index in [1.165, 1.54) is 7.11 Å². The number of nitrogens with one attached hydrogen (secondary N) is 2. The third-order valence-electron chi connectivity index (χ3n) is 4.17. The highest BCUT2D eigenvalue weighted by molar-refractivity contribution is 7.89. The molecule has 1 aliphatic rings. The Labute approximate surface area is 139 Å². The molecule has 0 bridgehead atoms. The first-order valence-corrected chi connectivity index (χ1v) is 8.92. The van der Waals surface area contributed by atoms with Crippen molar-refractivity contribution in [1.29, 1.82) is 0 Å². The van der Waals surface area contributed by atoms with E-state index in [-0.39, 0.29) is 6.54 Å². The molecule has 1 heterocycles. The minimum absolute atomic E-state index is 0.0680. The summed E-state index contributed by atoms with van der Waals surface area (Å²) < 4.78 is 46.2. The van der Waals surface area contributed by atoms with Gasteiger partial charge in [0.2, 0.25) is 15.8 Å². The smallest absolute Gasteiger partial charge is 0.324 e. The fraction of sp³-hybridized carbons (Fsp3) is 0.571. The summed E-state index contributed by atoms with van der Waals surface area (Å²) in [6.07, 6.45) is 1.41. The number of halogens is 1. The van der Waals surface area contributed by atoms with E-state index in [4.69, 9.17) is 4.74 Å². The van der Waals surface area contributed by atoms with Crippen molar-refractivity contribution in [3.05, 3.63) is 34.1 Å². The Hall–Kier alpha value is -1.62. The monoisotopic (exact) mass is 361 g/mol. The van der Waals surface area contributed by atoms with Crippen LogP contribution in [0.4, 0.5) is 10.1 Å². The van der Waals surface area contributed by atoms with E-state index < -0.39 is 36.8 Å². The quantitative estimate of drug-likeness (QED) is 0.554. The maximum Gasteiger partial charge on any atom is 0.324 e. The zero-order chi connectivity index (χ0) is 17.8. The average molecular weight is 361 g/mol. The molecule has 1 aromatic carbocycles. The number of sulfonamides is 1. The van der Waals surface area contributed by atoms with Gasteiger partial charge in [-0.25, -0.2) is 13.1 Å². The topological polar surface area (TPSA) is 111 Å². The molecule has 1 aromatic rings. The van der Waals surface area contributed by atoms with E-state index in [9.17, 15) is 22.9 Å². The maximum atomic E-state index is 13.7. The van der Waals surface area contributed by atoms with Gasteiger partial charge in [-0.15, -0.1) is 0 Å². The number of hydrogen-bond donors (Lipinski definition) is 2. The number of nitro groups is 1. The lowest BCUT2D eigenvalue weighted by Gasteiger charge is -2.37. The van der Waals surface area contributed by atoms with Crippen molar-refractivity contribution in [2.45, 2.75) is 17.7 Å². The van der Waals surface area contributed by atoms with Crippen LogP contribution in [-0.4, -0.2) is 46.7 Å². The SMILES string of the molecule is COCC1(CNS(=O)(=O)c2cccc(F)c2[N+](=O)[O-])CCNCC1. The summed E-state index contributed by atoms with van der Waals surface area (Å²) in [5.41, 5.74) is -1.44. The summed E-state index contributed by atoms with van der Waals surface area (Å²) in [5, 5.41) is 14.2. The Kier molecular flexibility index (Phi) is 5.86. The second-order valence-electron chi connectivity index (χ2n) is 5.85. The van der Waals surface area contributed by atoms with Gasteiger partial charge in [-0.2, -0.15) is 4.39 Å². The Bertz CT molecular complexity index is 699. The minimum Gasteiger partial charge on any atom is -0.384 e. The van der Waals surface area contributed by atoms with Crippen LogP contribution in [0, 0.1) is 21.3 Å². The van der Waals surface area contributed by atoms with Gasteiger partial charge in [0.25, 0.3) is 0 Å². The van der Waals surface area contributed by atoms with Crippen LogP contribution in [-0.2, 0) is 14.8 Å². The second kappa shape index (κ2) is 7.51. The number of benzene rings is 1. The first-order valence-electron chi connectivity index (χ1n) is 7.44. The fourth-order valence-corrected chi connectivity index (χ4v) is 4.19. The Balaban J connectivity index is 2.25. The molecule has 0 saturated carbocycles. The number of nitrogens with zero attached hydrogens (tertiary/aromatic N) is 1. The summed E-state index contributed by atoms with van der Waals surface area (Å²) in [5.74, 6) is -1.18. The summed E-state index contributed by atoms with van der Waals surface area (Å²) in [6, 6.07) is 3.01. The third-order valence-corrected chi connectivity index (χ3v) is 5.61. The molecule has 0 radical (unpaired) electrons. The van der Waals surface area contributed by atoms with Crippen LogP contribution < -0.4 is 10.0 Å². The molecular formula is C14H20FN3O5S. The highest BCUT2D eigenvalue weighted by Crippen LogP contribution is 2.30. The van der Waals surface area contributed by atoms with Crippen molar-refractivity contribution in [2.75, 3.05) is 33.4 Å². The van der Waals surface area contributed by atoms with Gasteiger partial charge < -0.3 is 10.1 Å². The summed E-state index contributed by atoms with van der Waals surface area (Å²) in [6.45, 7) is 1.89. The zero-order valence-electron chi connectivity index (χ0n) is 13.2. The largest absolute Gasteiger partial charge is 0.384 e. The van der Waals surface area contributed by atoms with E-state index in [1.807, 2.05) is 0 Å². The van der Waals surface area contributed by atoms with Gasteiger partial charge in [0, 0.05) is 19.1 Å². The Morgan fingerprint density at radius 1 is 1.42 bits per heavy atom. The van der Waals surface area contributed by atoms with Crippen LogP contribution in [0.5, 0.6) is 0 Å². The number of piperidine rings is 1. The van der Waals surface area contributed by atoms with Crippen LogP contribution in [0.2, 0.25) is 0 Å². The zero-order valence-corrected chi connectivity index (χ0v) is 14.1. The molecule has 0 unspecified atom stereocenters. The highest BCUT2D eigenvalue weighted by Gasteiger charge is 2.35. The van der Waals surface area contributed by atoms with Crippen LogP contribution in [0.15, 0.2) is 23.1 Å². The van der Waals surface area contributed by atoms with E-state index in [0.29, 0.717) is 19.4 Å². The van der Waals surface area contributed by atoms with Gasteiger partial charge in [-0.3, -0.25) is 10.1 Å². The van der Waals surface area contributed by atoms with Crippen LogP contribution in [0.3, 0.4) is 0 Å². The van der Waals surface area contributed by atoms with Gasteiger partial charge in [0.05, 0.1) is 11.5 Å². The van der Waals surface area contributed by atoms with E-state index in [0.717, 1.165) is 31.3 Å². The van der Waals surface area contributed by atoms with E-state index in [2.05, 4.69) is 10.0 Å². The lowest BCUT2D eigenvalue weighted by Crippen LogP contribution is -2.47. The van der Waals surface area contributed by atoms with Crippen LogP contribution >= 0.6 is 0 Å². The Morgan fingerprint density at radius 2 is 2.08 bits per heavy atom. The number of ether oxygens (including phenoxy) is 1. The van der Waals surface area contributed by atoms with E-state index in [1.54, 1.807) is 0 Å². The molecule has 8 nitrogen and oxygen atoms in total. The fourth-order valence-electron chi connectivity index (χ4n) is 2.85. The molecule has 24 heavy (non-hydrogen) atoms. The van der Waals surface area contributed by atoms with Gasteiger partial charge >= 0.3 is 5.69 Å². The molecule has 1 fully saturated rings. The lowest BCUT2D eigenvalue weighted by atomic mass is 9.80. The van der Waals surface area contributed by atoms with Crippen molar-refractivity contribution in [3.8, 4) is 0 Å². The predicted octanol–water partition coefficient (Wildman–Crippen LogP) is 1.03. The maximum absolute atomic E-state index is 13.7. The molecule has 1 aliphatic heterocycles. The minimum atomic E-state index is -4.22. The van der Waals surface area contributed by atoms with Gasteiger partial charge in [-0.05, 0) is 38.1 Å². The highest BCUT2D eigenvalue weighted by atomic mass is 32.2. The molecular weight excluding hydrogens is 341 g/mol. The molecule has 0 spiro atoms. The normalized spacial score (nSPS) is 17.6. The van der Waals surface area contributed by atoms with Crippen molar-refractivity contribution in [1.82, 2.24) is 10.0 Å². The van der Waals surface area contributed by atoms with Crippen molar-refractivity contribution in [3.63, 3.8) is 0 Å². The summed E-state index contributed by atoms with van der Waals surface area (Å²) in [4.78, 5) is 9.31. The van der Waals surface area contributed by atoms with E-state index >= 15 is 0 Å². The third kappa shape index (κ3) is 4.07. The van der Waals surface area contributed by atoms with Gasteiger partial charge in [0.15, 0.2) is 4.90 Å². The molecule has 0 atom stereocenters. The summed E-state index contributed by atoms with van der Waals surface area (Å²) in [7, 11) is -2.68. The molecule has 0 amide bonds. The number of para-hydroxylation sites is 1. The first-order chi connectivity index (χ1) is 11.3. The van der Waals surface area contributed by atoms with Gasteiger partial charge in [-0.1, -0.05) is 6.07 Å². The number of nitro benzene ring substituents is 1. The van der Waals surface area contributed by atoms with Crippen molar-refractivity contribution in [2.24, 2.45) is 5.41 Å². The van der Waals surface area contributed by atoms with Crippen molar-refractivity contribution < 1.29 is 22.5 Å². The predicted molar refractivity (Wildman–Crippen MR) is 84.7 cm³/mol. The number of hydrogen-bond acceptors (Lipinski definition) is 6. The summed E-state index contributed by atoms with van der Waals surface area (Å²) >= 11 is 0. The number of methoxy groups -OCH3 is 1. The first kappa shape index (κ1) is 18.7. The Morgan fingerprint density at radius 3 is 2.67 bits per heavy atom. The molecule has 10 heteroatoms. The lowest BCUT2D eigenvalue weighted by molar-refractivity contribution is -0.390. The second-order valence-corrected chi connectivity index (χ2v) is 7.59. The molecule has 134 valence electrons. The molecule has 0 aliphatic carbocycles. The standard InChI is InChI=1S/C14H20FN3O5S/c1-23-10-14(5-7-16-8-6-14)9-17-24(21,22)12-4-2-3-11(15)13(12)18(19)20/h2-4,16-17H,5-10H2,1H3. The van der Waals surface area contributed by atoms with Crippen LogP contribution in [0.1, 0.15) is 12.8 Å². The van der Waals surface area contributed by atoms with Crippen LogP contribution in [0.25, 0.3) is 0 Å². The molecule has 0 aromatic heterocycles. The molecule has 2 N–H and O–H groups in total. The van der Waals surface area contributed by atoms with Crippen molar-refractivity contribution >= 4 is 15.7 Å². The average Bonchev–Trinajstić information content (AvgIpc) is 2.54.